The van der Waals surface area contributed by atoms with Crippen LogP contribution >= 0.6 is 0 Å². The van der Waals surface area contributed by atoms with Gasteiger partial charge in [0.2, 0.25) is 0 Å². The molecule has 0 fully saturated rings. The predicted octanol–water partition coefficient (Wildman–Crippen LogP) is -3.51. The van der Waals surface area contributed by atoms with Crippen LogP contribution in [-0.4, -0.2) is 19.0 Å². The first-order chi connectivity index (χ1) is 3.43. The average molecular weight is 101 g/mol. The van der Waals surface area contributed by atoms with Crippen molar-refractivity contribution >= 4 is 5.96 Å². The van der Waals surface area contributed by atoms with Gasteiger partial charge in [0.25, 0.3) is 0 Å². The zero-order chi connectivity index (χ0) is 5.11. The van der Waals surface area contributed by atoms with E-state index < -0.39 is 0 Å². The van der Waals surface area contributed by atoms with Crippen LogP contribution in [0.1, 0.15) is 0 Å². The number of hydrogen-bond donors (Lipinski definition) is 4. The highest BCUT2D eigenvalue weighted by Gasteiger charge is 2.06. The molecule has 0 atom stereocenters. The van der Waals surface area contributed by atoms with Crippen LogP contribution in [0, 0.1) is 0 Å². The molecule has 0 unspecified atom stereocenters. The SMILES string of the molecule is NNC1=[NH+]CCN1. The molecule has 0 radical (unpaired) electrons. The zero-order valence-corrected chi connectivity index (χ0v) is 3.99. The summed E-state index contributed by atoms with van der Waals surface area (Å²) < 4.78 is 0. The van der Waals surface area contributed by atoms with Crippen molar-refractivity contribution in [3.8, 4) is 0 Å². The van der Waals surface area contributed by atoms with E-state index in [4.69, 9.17) is 5.84 Å². The molecule has 0 aliphatic carbocycles. The molecule has 0 amide bonds. The van der Waals surface area contributed by atoms with E-state index in [1.54, 1.807) is 0 Å². The Hall–Kier alpha value is -0.770. The van der Waals surface area contributed by atoms with Gasteiger partial charge in [-0.05, 0) is 0 Å². The molecular formula is C3H9N4+. The maximum Gasteiger partial charge on any atom is 0.360 e. The topological polar surface area (TPSA) is 64.0 Å². The molecule has 1 aliphatic heterocycles. The van der Waals surface area contributed by atoms with E-state index in [0.717, 1.165) is 19.0 Å². The fourth-order valence-corrected chi connectivity index (χ4v) is 0.540. The van der Waals surface area contributed by atoms with Gasteiger partial charge >= 0.3 is 5.96 Å². The van der Waals surface area contributed by atoms with Crippen molar-refractivity contribution in [2.45, 2.75) is 0 Å². The number of hydrogen-bond acceptors (Lipinski definition) is 3. The monoisotopic (exact) mass is 101 g/mol. The third-order valence-electron chi connectivity index (χ3n) is 0.873. The Morgan fingerprint density at radius 3 is 3.00 bits per heavy atom. The highest BCUT2D eigenvalue weighted by atomic mass is 15.3. The molecule has 1 heterocycles. The predicted molar refractivity (Wildman–Crippen MR) is 26.2 cm³/mol. The van der Waals surface area contributed by atoms with Gasteiger partial charge in [-0.25, -0.2) is 5.43 Å². The van der Waals surface area contributed by atoms with Gasteiger partial charge in [0.05, 0.1) is 13.1 Å². The Labute approximate surface area is 41.8 Å². The van der Waals surface area contributed by atoms with Gasteiger partial charge in [-0.3, -0.25) is 10.3 Å². The summed E-state index contributed by atoms with van der Waals surface area (Å²) in [6.45, 7) is 1.92. The quantitative estimate of drug-likeness (QED) is 0.189. The highest BCUT2D eigenvalue weighted by Crippen LogP contribution is 1.52. The molecule has 0 aromatic rings. The van der Waals surface area contributed by atoms with Gasteiger partial charge in [0, 0.05) is 0 Å². The molecule has 4 heteroatoms. The molecule has 0 bridgehead atoms. The molecule has 1 rings (SSSR count). The summed E-state index contributed by atoms with van der Waals surface area (Å²) >= 11 is 0. The van der Waals surface area contributed by atoms with E-state index >= 15 is 0 Å². The smallest absolute Gasteiger partial charge is 0.273 e. The molecule has 4 nitrogen and oxygen atoms in total. The number of hydrazine groups is 1. The largest absolute Gasteiger partial charge is 0.360 e. The Kier molecular flexibility index (Phi) is 1.12. The number of rotatable bonds is 0. The van der Waals surface area contributed by atoms with E-state index in [1.807, 2.05) is 0 Å². The first-order valence-corrected chi connectivity index (χ1v) is 2.25. The number of nitrogens with one attached hydrogen (secondary N) is 3. The van der Waals surface area contributed by atoms with Gasteiger partial charge in [-0.1, -0.05) is 0 Å². The van der Waals surface area contributed by atoms with Crippen LogP contribution in [0.15, 0.2) is 0 Å². The first kappa shape index (κ1) is 4.39. The molecule has 0 aromatic carbocycles. The minimum absolute atomic E-state index is 0.819. The van der Waals surface area contributed by atoms with Gasteiger partial charge in [0.15, 0.2) is 0 Å². The number of nitrogens with two attached hydrogens (primary N) is 1. The molecule has 0 spiro atoms. The Morgan fingerprint density at radius 2 is 2.71 bits per heavy atom. The Morgan fingerprint density at radius 1 is 1.86 bits per heavy atom. The Bertz CT molecular complexity index is 86.9. The summed E-state index contributed by atoms with van der Waals surface area (Å²) in [4.78, 5) is 2.98. The maximum atomic E-state index is 5.02. The van der Waals surface area contributed by atoms with Crippen LogP contribution < -0.4 is 21.6 Å². The highest BCUT2D eigenvalue weighted by molar-refractivity contribution is 5.73. The second-order valence-corrected chi connectivity index (χ2v) is 1.37. The van der Waals surface area contributed by atoms with Crippen LogP contribution in [0.25, 0.3) is 0 Å². The van der Waals surface area contributed by atoms with Crippen molar-refractivity contribution < 1.29 is 4.99 Å². The van der Waals surface area contributed by atoms with Crippen molar-refractivity contribution in [2.24, 2.45) is 5.84 Å². The second-order valence-electron chi connectivity index (χ2n) is 1.37. The van der Waals surface area contributed by atoms with Crippen molar-refractivity contribution in [1.82, 2.24) is 10.7 Å². The van der Waals surface area contributed by atoms with E-state index in [-0.39, 0.29) is 0 Å². The fourth-order valence-electron chi connectivity index (χ4n) is 0.540. The summed E-state index contributed by atoms with van der Waals surface area (Å²) in [5.74, 6) is 5.84. The minimum atomic E-state index is 0.819. The van der Waals surface area contributed by atoms with Gasteiger partial charge < -0.3 is 0 Å². The van der Waals surface area contributed by atoms with E-state index in [1.165, 1.54) is 0 Å². The summed E-state index contributed by atoms with van der Waals surface area (Å²) in [6.07, 6.45) is 0. The van der Waals surface area contributed by atoms with Gasteiger partial charge in [-0.2, -0.15) is 5.84 Å². The van der Waals surface area contributed by atoms with Crippen molar-refractivity contribution in [3.05, 3.63) is 0 Å². The van der Waals surface area contributed by atoms with Crippen LogP contribution in [0.4, 0.5) is 0 Å². The maximum absolute atomic E-state index is 5.02. The Balaban J connectivity index is 2.36. The summed E-state index contributed by atoms with van der Waals surface area (Å²) in [5.41, 5.74) is 2.46. The summed E-state index contributed by atoms with van der Waals surface area (Å²) in [6, 6.07) is 0. The fraction of sp³-hybridized carbons (Fsp3) is 0.667. The van der Waals surface area contributed by atoms with Crippen LogP contribution in [-0.2, 0) is 0 Å². The number of guanidine groups is 1. The third kappa shape index (κ3) is 0.806. The minimum Gasteiger partial charge on any atom is -0.273 e. The molecule has 40 valence electrons. The summed E-state index contributed by atoms with van der Waals surface area (Å²) in [5, 5.41) is 2.98. The average Bonchev–Trinajstić information content (AvgIpc) is 2.14. The van der Waals surface area contributed by atoms with E-state index in [2.05, 4.69) is 15.7 Å². The first-order valence-electron chi connectivity index (χ1n) is 2.25. The molecule has 0 saturated heterocycles. The molecule has 0 aromatic heterocycles. The van der Waals surface area contributed by atoms with Crippen LogP contribution in [0.2, 0.25) is 0 Å². The summed E-state index contributed by atoms with van der Waals surface area (Å²) in [7, 11) is 0. The molecule has 0 saturated carbocycles. The second kappa shape index (κ2) is 1.79. The van der Waals surface area contributed by atoms with E-state index in [0.29, 0.717) is 0 Å². The van der Waals surface area contributed by atoms with E-state index in [9.17, 15) is 0 Å². The van der Waals surface area contributed by atoms with Gasteiger partial charge in [0.1, 0.15) is 0 Å². The third-order valence-corrected chi connectivity index (χ3v) is 0.873. The lowest BCUT2D eigenvalue weighted by Gasteiger charge is -1.85. The zero-order valence-electron chi connectivity index (χ0n) is 3.99. The lowest BCUT2D eigenvalue weighted by molar-refractivity contribution is -0.446. The lowest BCUT2D eigenvalue weighted by atomic mass is 10.7. The lowest BCUT2D eigenvalue weighted by Crippen LogP contribution is -2.74. The van der Waals surface area contributed by atoms with Crippen molar-refractivity contribution in [3.63, 3.8) is 0 Å². The van der Waals surface area contributed by atoms with Crippen LogP contribution in [0.3, 0.4) is 0 Å². The molecule has 1 aliphatic rings. The molecule has 5 N–H and O–H groups in total. The van der Waals surface area contributed by atoms with Crippen LogP contribution in [0.5, 0.6) is 0 Å². The molecule has 7 heavy (non-hydrogen) atoms. The normalized spacial score (nSPS) is 18.1. The van der Waals surface area contributed by atoms with Crippen molar-refractivity contribution in [2.75, 3.05) is 13.1 Å². The standard InChI is InChI=1S/C3H8N4/c4-7-3-5-1-2-6-3/h1-2,4H2,(H2,5,6,7)/p+1. The van der Waals surface area contributed by atoms with Gasteiger partial charge in [-0.15, -0.1) is 0 Å². The molecular weight excluding hydrogens is 92.1 g/mol. The van der Waals surface area contributed by atoms with Crippen molar-refractivity contribution in [1.29, 1.82) is 0 Å².